The molecule has 0 bridgehead atoms. The predicted octanol–water partition coefficient (Wildman–Crippen LogP) is 3.71. The Morgan fingerprint density at radius 1 is 1.22 bits per heavy atom. The Kier molecular flexibility index (Phi) is 7.49. The Balaban J connectivity index is 1.63. The van der Waals surface area contributed by atoms with Gasteiger partial charge in [0, 0.05) is 0 Å². The fraction of sp³-hybridized carbons (Fsp3) is 0.143. The highest BCUT2D eigenvalue weighted by atomic mass is 35.5. The van der Waals surface area contributed by atoms with Crippen LogP contribution < -0.4 is 10.1 Å². The number of para-hydroxylation sites is 1. The maximum absolute atomic E-state index is 13.6. The molecule has 1 fully saturated rings. The number of nitrogens with zero attached hydrogens (tertiary/aromatic N) is 1. The summed E-state index contributed by atoms with van der Waals surface area (Å²) in [5, 5.41) is 1.96. The van der Waals surface area contributed by atoms with E-state index < -0.39 is 42.0 Å². The zero-order valence-corrected chi connectivity index (χ0v) is 18.2. The Morgan fingerprint density at radius 2 is 1.97 bits per heavy atom. The van der Waals surface area contributed by atoms with Crippen molar-refractivity contribution in [1.82, 2.24) is 4.90 Å². The summed E-state index contributed by atoms with van der Waals surface area (Å²) in [6.07, 6.45) is 1.45. The minimum absolute atomic E-state index is 0.0312. The van der Waals surface area contributed by atoms with E-state index in [2.05, 4.69) is 10.1 Å². The highest BCUT2D eigenvalue weighted by Crippen LogP contribution is 2.33. The molecule has 2 aromatic carbocycles. The number of methoxy groups -OCH3 is 1. The molecule has 0 aliphatic carbocycles. The summed E-state index contributed by atoms with van der Waals surface area (Å²) < 4.78 is 23.4. The van der Waals surface area contributed by atoms with E-state index >= 15 is 0 Å². The van der Waals surface area contributed by atoms with Crippen molar-refractivity contribution in [2.24, 2.45) is 0 Å². The number of halogens is 2. The summed E-state index contributed by atoms with van der Waals surface area (Å²) in [5.41, 5.74) is 0.533. The van der Waals surface area contributed by atoms with Crippen LogP contribution in [0.25, 0.3) is 6.08 Å². The SMILES string of the molecule is COC(=O)CN1C(=O)S/C(=C/c2ccc(OCC(=O)Nc3ccccc3F)c(Cl)c2)C1=O. The highest BCUT2D eigenvalue weighted by Gasteiger charge is 2.36. The topological polar surface area (TPSA) is 102 Å². The molecule has 0 saturated carbocycles. The van der Waals surface area contributed by atoms with Gasteiger partial charge in [-0.25, -0.2) is 4.39 Å². The number of hydrogen-bond donors (Lipinski definition) is 1. The fourth-order valence-electron chi connectivity index (χ4n) is 2.60. The average molecular weight is 479 g/mol. The van der Waals surface area contributed by atoms with Crippen LogP contribution in [0.2, 0.25) is 5.02 Å². The molecule has 32 heavy (non-hydrogen) atoms. The molecule has 166 valence electrons. The van der Waals surface area contributed by atoms with Crippen molar-refractivity contribution in [3.8, 4) is 5.75 Å². The van der Waals surface area contributed by atoms with Gasteiger partial charge in [0.1, 0.15) is 18.1 Å². The molecule has 0 spiro atoms. The molecule has 1 saturated heterocycles. The summed E-state index contributed by atoms with van der Waals surface area (Å²) in [4.78, 5) is 48.6. The molecule has 11 heteroatoms. The van der Waals surface area contributed by atoms with Crippen LogP contribution in [0, 0.1) is 5.82 Å². The van der Waals surface area contributed by atoms with Gasteiger partial charge in [-0.3, -0.25) is 24.1 Å². The molecule has 1 N–H and O–H groups in total. The summed E-state index contributed by atoms with van der Waals surface area (Å²) in [5.74, 6) is -2.27. The summed E-state index contributed by atoms with van der Waals surface area (Å²) >= 11 is 6.88. The molecule has 0 atom stereocenters. The Hall–Kier alpha value is -3.37. The smallest absolute Gasteiger partial charge is 0.325 e. The van der Waals surface area contributed by atoms with Crippen LogP contribution in [0.4, 0.5) is 14.9 Å². The van der Waals surface area contributed by atoms with Gasteiger partial charge in [-0.15, -0.1) is 0 Å². The number of ether oxygens (including phenoxy) is 2. The largest absolute Gasteiger partial charge is 0.482 e. The van der Waals surface area contributed by atoms with E-state index in [0.29, 0.717) is 17.3 Å². The number of esters is 1. The van der Waals surface area contributed by atoms with Crippen molar-refractivity contribution in [1.29, 1.82) is 0 Å². The van der Waals surface area contributed by atoms with Crippen LogP contribution in [0.1, 0.15) is 5.56 Å². The van der Waals surface area contributed by atoms with Crippen molar-refractivity contribution in [3.05, 3.63) is 63.8 Å². The first-order chi connectivity index (χ1) is 15.3. The second kappa shape index (κ2) is 10.3. The molecule has 0 radical (unpaired) electrons. The average Bonchev–Trinajstić information content (AvgIpc) is 3.02. The predicted molar refractivity (Wildman–Crippen MR) is 117 cm³/mol. The van der Waals surface area contributed by atoms with Crippen molar-refractivity contribution >= 4 is 58.1 Å². The number of carbonyl (C=O) groups is 4. The van der Waals surface area contributed by atoms with Crippen molar-refractivity contribution in [2.45, 2.75) is 0 Å². The molecule has 8 nitrogen and oxygen atoms in total. The molecule has 3 amide bonds. The Bertz CT molecular complexity index is 1120. The molecule has 3 rings (SSSR count). The van der Waals surface area contributed by atoms with Crippen LogP contribution in [0.5, 0.6) is 5.75 Å². The van der Waals surface area contributed by atoms with E-state index in [9.17, 15) is 23.6 Å². The standard InChI is InChI=1S/C21H16ClFN2O6S/c1-30-19(27)10-25-20(28)17(32-21(25)29)9-12-6-7-16(13(22)8-12)31-11-18(26)24-15-5-3-2-4-14(15)23/h2-9H,10-11H2,1H3,(H,24,26)/b17-9+. The third-order valence-electron chi connectivity index (χ3n) is 4.15. The maximum atomic E-state index is 13.6. The first-order valence-electron chi connectivity index (χ1n) is 9.07. The molecular formula is C21H16ClFN2O6S. The van der Waals surface area contributed by atoms with Crippen LogP contribution in [0.3, 0.4) is 0 Å². The number of benzene rings is 2. The van der Waals surface area contributed by atoms with E-state index in [0.717, 1.165) is 12.0 Å². The minimum Gasteiger partial charge on any atom is -0.482 e. The van der Waals surface area contributed by atoms with Crippen molar-refractivity contribution in [2.75, 3.05) is 25.6 Å². The summed E-state index contributed by atoms with van der Waals surface area (Å²) in [7, 11) is 1.16. The van der Waals surface area contributed by atoms with Gasteiger partial charge >= 0.3 is 5.97 Å². The monoisotopic (exact) mass is 478 g/mol. The number of nitrogens with one attached hydrogen (secondary N) is 1. The van der Waals surface area contributed by atoms with Crippen LogP contribution in [0.15, 0.2) is 47.4 Å². The van der Waals surface area contributed by atoms with E-state index in [1.807, 2.05) is 0 Å². The minimum atomic E-state index is -0.711. The lowest BCUT2D eigenvalue weighted by Gasteiger charge is -2.10. The third kappa shape index (κ3) is 5.65. The van der Waals surface area contributed by atoms with Crippen LogP contribution >= 0.6 is 23.4 Å². The molecular weight excluding hydrogens is 463 g/mol. The van der Waals surface area contributed by atoms with Gasteiger partial charge in [0.2, 0.25) is 0 Å². The van der Waals surface area contributed by atoms with Gasteiger partial charge in [-0.05, 0) is 47.7 Å². The first-order valence-corrected chi connectivity index (χ1v) is 10.3. The van der Waals surface area contributed by atoms with E-state index in [4.69, 9.17) is 16.3 Å². The van der Waals surface area contributed by atoms with Crippen molar-refractivity contribution < 1.29 is 33.0 Å². The molecule has 2 aromatic rings. The third-order valence-corrected chi connectivity index (χ3v) is 5.35. The van der Waals surface area contributed by atoms with Gasteiger partial charge in [-0.2, -0.15) is 0 Å². The van der Waals surface area contributed by atoms with Gasteiger partial charge < -0.3 is 14.8 Å². The Morgan fingerprint density at radius 3 is 2.66 bits per heavy atom. The number of imide groups is 1. The fourth-order valence-corrected chi connectivity index (χ4v) is 3.68. The normalized spacial score (nSPS) is 14.6. The number of rotatable bonds is 7. The molecule has 0 aromatic heterocycles. The number of anilines is 1. The summed E-state index contributed by atoms with van der Waals surface area (Å²) in [6.45, 7) is -0.874. The lowest BCUT2D eigenvalue weighted by molar-refractivity contribution is -0.143. The first kappa shape index (κ1) is 23.3. The van der Waals surface area contributed by atoms with Crippen molar-refractivity contribution in [3.63, 3.8) is 0 Å². The maximum Gasteiger partial charge on any atom is 0.325 e. The lowest BCUT2D eigenvalue weighted by atomic mass is 10.2. The van der Waals surface area contributed by atoms with E-state index in [1.165, 1.54) is 36.4 Å². The lowest BCUT2D eigenvalue weighted by Crippen LogP contribution is -2.34. The van der Waals surface area contributed by atoms with Gasteiger partial charge in [0.05, 0.1) is 22.7 Å². The molecule has 1 aliphatic heterocycles. The molecule has 0 unspecified atom stereocenters. The molecule has 1 aliphatic rings. The number of hydrogen-bond acceptors (Lipinski definition) is 7. The van der Waals surface area contributed by atoms with E-state index in [-0.39, 0.29) is 21.4 Å². The summed E-state index contributed by atoms with van der Waals surface area (Å²) in [6, 6.07) is 10.3. The second-order valence-corrected chi connectivity index (χ2v) is 7.75. The van der Waals surface area contributed by atoms with Gasteiger partial charge in [0.15, 0.2) is 6.61 Å². The number of thioether (sulfide) groups is 1. The number of amides is 3. The van der Waals surface area contributed by atoms with Gasteiger partial charge in [-0.1, -0.05) is 29.8 Å². The number of carbonyl (C=O) groups excluding carboxylic acids is 4. The van der Waals surface area contributed by atoms with E-state index in [1.54, 1.807) is 12.1 Å². The van der Waals surface area contributed by atoms with Gasteiger partial charge in [0.25, 0.3) is 17.1 Å². The Labute approximate surface area is 191 Å². The molecule has 1 heterocycles. The second-order valence-electron chi connectivity index (χ2n) is 6.35. The highest BCUT2D eigenvalue weighted by molar-refractivity contribution is 8.18. The quantitative estimate of drug-likeness (QED) is 0.478. The zero-order chi connectivity index (χ0) is 23.3. The zero-order valence-electron chi connectivity index (χ0n) is 16.6. The van der Waals surface area contributed by atoms with Crippen LogP contribution in [-0.2, 0) is 19.1 Å². The van der Waals surface area contributed by atoms with Crippen LogP contribution in [-0.4, -0.2) is 48.2 Å².